The number of ether oxygens (including phenoxy) is 1. The number of hydrogen-bond acceptors (Lipinski definition) is 3. The van der Waals surface area contributed by atoms with Crippen LogP contribution in [0.2, 0.25) is 5.02 Å². The van der Waals surface area contributed by atoms with Gasteiger partial charge in [0, 0.05) is 10.9 Å². The molecule has 1 N–H and O–H groups in total. The van der Waals surface area contributed by atoms with Crippen LogP contribution in [0.3, 0.4) is 0 Å². The molecule has 104 valence electrons. The van der Waals surface area contributed by atoms with E-state index in [0.717, 1.165) is 5.56 Å². The first-order chi connectivity index (χ1) is 9.70. The molecule has 2 aromatic carbocycles. The molecule has 0 amide bonds. The monoisotopic (exact) mass is 290 g/mol. The summed E-state index contributed by atoms with van der Waals surface area (Å²) in [6.45, 7) is 0.0543. The third-order valence-electron chi connectivity index (χ3n) is 2.97. The molecule has 0 aliphatic carbocycles. The number of aliphatic hydroxyl groups excluding tert-OH is 1. The highest BCUT2D eigenvalue weighted by atomic mass is 35.5. The SMILES string of the molecule is O=C(OCC(CO)c1ccccc1)c1cccc(Cl)c1. The first-order valence-corrected chi connectivity index (χ1v) is 6.67. The zero-order valence-corrected chi connectivity index (χ0v) is 11.6. The van der Waals surface area contributed by atoms with Crippen LogP contribution in [0.4, 0.5) is 0 Å². The van der Waals surface area contributed by atoms with Gasteiger partial charge in [-0.05, 0) is 23.8 Å². The van der Waals surface area contributed by atoms with Gasteiger partial charge < -0.3 is 9.84 Å². The van der Waals surface area contributed by atoms with Crippen LogP contribution < -0.4 is 0 Å². The summed E-state index contributed by atoms with van der Waals surface area (Å²) in [6.07, 6.45) is 0. The molecule has 3 nitrogen and oxygen atoms in total. The standard InChI is InChI=1S/C16H15ClO3/c17-15-8-4-7-13(9-15)16(19)20-11-14(10-18)12-5-2-1-3-6-12/h1-9,14,18H,10-11H2. The predicted molar refractivity (Wildman–Crippen MR) is 78.0 cm³/mol. The maximum atomic E-state index is 11.9. The average Bonchev–Trinajstić information content (AvgIpc) is 2.49. The number of hydrogen-bond donors (Lipinski definition) is 1. The first kappa shape index (κ1) is 14.6. The van der Waals surface area contributed by atoms with Gasteiger partial charge in [-0.2, -0.15) is 0 Å². The molecule has 0 radical (unpaired) electrons. The number of benzene rings is 2. The van der Waals surface area contributed by atoms with Gasteiger partial charge in [0.1, 0.15) is 6.61 Å². The molecule has 0 bridgehead atoms. The maximum Gasteiger partial charge on any atom is 0.338 e. The number of carbonyl (C=O) groups is 1. The molecular formula is C16H15ClO3. The number of esters is 1. The van der Waals surface area contributed by atoms with E-state index in [2.05, 4.69) is 0 Å². The molecule has 0 heterocycles. The van der Waals surface area contributed by atoms with E-state index < -0.39 is 5.97 Å². The summed E-state index contributed by atoms with van der Waals surface area (Å²) in [6, 6.07) is 16.1. The zero-order valence-electron chi connectivity index (χ0n) is 10.8. The van der Waals surface area contributed by atoms with E-state index in [4.69, 9.17) is 16.3 Å². The highest BCUT2D eigenvalue weighted by Gasteiger charge is 2.14. The van der Waals surface area contributed by atoms with Crippen molar-refractivity contribution in [1.29, 1.82) is 0 Å². The lowest BCUT2D eigenvalue weighted by Gasteiger charge is -2.14. The van der Waals surface area contributed by atoms with Crippen LogP contribution in [-0.2, 0) is 4.74 Å². The number of rotatable bonds is 5. The molecule has 20 heavy (non-hydrogen) atoms. The van der Waals surface area contributed by atoms with Gasteiger partial charge in [-0.3, -0.25) is 0 Å². The predicted octanol–water partition coefficient (Wildman–Crippen LogP) is 3.27. The molecule has 0 fully saturated rings. The molecule has 0 saturated heterocycles. The van der Waals surface area contributed by atoms with Gasteiger partial charge in [-0.15, -0.1) is 0 Å². The lowest BCUT2D eigenvalue weighted by Crippen LogP contribution is -2.16. The Kier molecular flexibility index (Phi) is 5.16. The van der Waals surface area contributed by atoms with E-state index in [1.807, 2.05) is 30.3 Å². The minimum absolute atomic E-state index is 0.0765. The Balaban J connectivity index is 1.98. The molecule has 2 aromatic rings. The molecule has 1 atom stereocenters. The topological polar surface area (TPSA) is 46.5 Å². The summed E-state index contributed by atoms with van der Waals surface area (Å²) >= 11 is 5.83. The fraction of sp³-hybridized carbons (Fsp3) is 0.188. The largest absolute Gasteiger partial charge is 0.461 e. The smallest absolute Gasteiger partial charge is 0.338 e. The van der Waals surface area contributed by atoms with Crippen molar-refractivity contribution in [2.45, 2.75) is 5.92 Å². The quantitative estimate of drug-likeness (QED) is 0.860. The Labute approximate surface area is 122 Å². The van der Waals surface area contributed by atoms with Gasteiger partial charge in [-0.25, -0.2) is 4.79 Å². The molecule has 0 spiro atoms. The lowest BCUT2D eigenvalue weighted by atomic mass is 10.0. The van der Waals surface area contributed by atoms with Gasteiger partial charge in [0.05, 0.1) is 12.2 Å². The van der Waals surface area contributed by atoms with Gasteiger partial charge >= 0.3 is 5.97 Å². The summed E-state index contributed by atoms with van der Waals surface area (Å²) in [5, 5.41) is 9.88. The molecule has 1 unspecified atom stereocenters. The van der Waals surface area contributed by atoms with Crippen LogP contribution in [0.15, 0.2) is 54.6 Å². The van der Waals surface area contributed by atoms with E-state index in [9.17, 15) is 9.90 Å². The Hall–Kier alpha value is -1.84. The van der Waals surface area contributed by atoms with Crippen molar-refractivity contribution in [1.82, 2.24) is 0 Å². The van der Waals surface area contributed by atoms with Crippen molar-refractivity contribution in [3.05, 3.63) is 70.7 Å². The number of halogens is 1. The van der Waals surface area contributed by atoms with Crippen molar-refractivity contribution in [3.8, 4) is 0 Å². The molecule has 2 rings (SSSR count). The summed E-state index contributed by atoms with van der Waals surface area (Å²) < 4.78 is 5.23. The minimum Gasteiger partial charge on any atom is -0.461 e. The first-order valence-electron chi connectivity index (χ1n) is 6.29. The normalized spacial score (nSPS) is 11.9. The third kappa shape index (κ3) is 3.83. The van der Waals surface area contributed by atoms with Gasteiger partial charge in [0.2, 0.25) is 0 Å². The lowest BCUT2D eigenvalue weighted by molar-refractivity contribution is 0.0450. The third-order valence-corrected chi connectivity index (χ3v) is 3.20. The summed E-state index contributed by atoms with van der Waals surface area (Å²) in [5.74, 6) is -0.666. The van der Waals surface area contributed by atoms with Gasteiger partial charge in [-0.1, -0.05) is 48.0 Å². The Morgan fingerprint density at radius 3 is 2.55 bits per heavy atom. The van der Waals surface area contributed by atoms with Crippen molar-refractivity contribution in [3.63, 3.8) is 0 Å². The van der Waals surface area contributed by atoms with Gasteiger partial charge in [0.15, 0.2) is 0 Å². The van der Waals surface area contributed by atoms with Crippen molar-refractivity contribution in [2.75, 3.05) is 13.2 Å². The van der Waals surface area contributed by atoms with Crippen LogP contribution in [0.1, 0.15) is 21.8 Å². The van der Waals surface area contributed by atoms with Crippen molar-refractivity contribution in [2.24, 2.45) is 0 Å². The van der Waals surface area contributed by atoms with Crippen molar-refractivity contribution >= 4 is 17.6 Å². The van der Waals surface area contributed by atoms with Gasteiger partial charge in [0.25, 0.3) is 0 Å². The van der Waals surface area contributed by atoms with E-state index in [0.29, 0.717) is 10.6 Å². The Morgan fingerprint density at radius 2 is 1.90 bits per heavy atom. The van der Waals surface area contributed by atoms with E-state index in [-0.39, 0.29) is 19.1 Å². The van der Waals surface area contributed by atoms with E-state index in [1.165, 1.54) is 0 Å². The zero-order chi connectivity index (χ0) is 14.4. The molecule has 0 aliphatic heterocycles. The molecule has 0 aliphatic rings. The van der Waals surface area contributed by atoms with Crippen LogP contribution in [0.25, 0.3) is 0 Å². The second-order valence-electron chi connectivity index (χ2n) is 4.40. The highest BCUT2D eigenvalue weighted by Crippen LogP contribution is 2.17. The summed E-state index contributed by atoms with van der Waals surface area (Å²) in [4.78, 5) is 11.9. The van der Waals surface area contributed by atoms with E-state index in [1.54, 1.807) is 24.3 Å². The van der Waals surface area contributed by atoms with Crippen LogP contribution in [0, 0.1) is 0 Å². The summed E-state index contributed by atoms with van der Waals surface area (Å²) in [5.41, 5.74) is 1.34. The number of carbonyl (C=O) groups excluding carboxylic acids is 1. The van der Waals surface area contributed by atoms with Crippen LogP contribution in [-0.4, -0.2) is 24.3 Å². The summed E-state index contributed by atoms with van der Waals surface area (Å²) in [7, 11) is 0. The Bertz CT molecular complexity index is 569. The van der Waals surface area contributed by atoms with E-state index >= 15 is 0 Å². The average molecular weight is 291 g/mol. The minimum atomic E-state index is -0.443. The highest BCUT2D eigenvalue weighted by molar-refractivity contribution is 6.30. The van der Waals surface area contributed by atoms with Crippen molar-refractivity contribution < 1.29 is 14.6 Å². The van der Waals surface area contributed by atoms with Crippen LogP contribution in [0.5, 0.6) is 0 Å². The fourth-order valence-electron chi connectivity index (χ4n) is 1.85. The second-order valence-corrected chi connectivity index (χ2v) is 4.84. The van der Waals surface area contributed by atoms with Crippen LogP contribution >= 0.6 is 11.6 Å². The molecule has 0 saturated carbocycles. The molecule has 4 heteroatoms. The number of aliphatic hydroxyl groups is 1. The molecular weight excluding hydrogens is 276 g/mol. The second kappa shape index (κ2) is 7.08. The Morgan fingerprint density at radius 1 is 1.15 bits per heavy atom. The fourth-order valence-corrected chi connectivity index (χ4v) is 2.04. The maximum absolute atomic E-state index is 11.9. The molecule has 0 aromatic heterocycles.